The number of benzene rings is 1. The van der Waals surface area contributed by atoms with Gasteiger partial charge in [-0.2, -0.15) is 0 Å². The van der Waals surface area contributed by atoms with Gasteiger partial charge in [-0.05, 0) is 32.3 Å². The number of ether oxygens (including phenoxy) is 1. The number of unbranched alkanes of at least 4 members (excludes halogenated alkanes) is 1. The third-order valence-corrected chi connectivity index (χ3v) is 5.30. The molecule has 0 saturated carbocycles. The fourth-order valence-electron chi connectivity index (χ4n) is 3.83. The molecule has 140 valence electrons. The van der Waals surface area contributed by atoms with Crippen molar-refractivity contribution in [2.24, 2.45) is 5.41 Å². The van der Waals surface area contributed by atoms with E-state index in [0.717, 1.165) is 48.8 Å². The van der Waals surface area contributed by atoms with Gasteiger partial charge in [0, 0.05) is 24.9 Å². The number of carbonyl (C=O) groups excluding carboxylic acids is 2. The maximum atomic E-state index is 13.4. The van der Waals surface area contributed by atoms with Crippen molar-refractivity contribution >= 4 is 22.8 Å². The molecule has 3 rings (SSSR count). The van der Waals surface area contributed by atoms with Crippen LogP contribution >= 0.6 is 0 Å². The van der Waals surface area contributed by atoms with E-state index in [4.69, 9.17) is 9.15 Å². The highest BCUT2D eigenvalue weighted by Crippen LogP contribution is 2.34. The van der Waals surface area contributed by atoms with E-state index in [1.165, 1.54) is 7.11 Å². The molecule has 1 unspecified atom stereocenters. The van der Waals surface area contributed by atoms with E-state index in [-0.39, 0.29) is 11.9 Å². The lowest BCUT2D eigenvalue weighted by Crippen LogP contribution is -2.48. The SMILES string of the molecule is CCCCc1oc2ccccc2c1C(=O)N1CCCC(C)(C(=O)OC)C1. The molecule has 0 bridgehead atoms. The van der Waals surface area contributed by atoms with Gasteiger partial charge in [-0.3, -0.25) is 9.59 Å². The molecule has 0 N–H and O–H groups in total. The third-order valence-electron chi connectivity index (χ3n) is 5.30. The van der Waals surface area contributed by atoms with Gasteiger partial charge >= 0.3 is 5.97 Å². The van der Waals surface area contributed by atoms with Crippen LogP contribution in [0.15, 0.2) is 28.7 Å². The lowest BCUT2D eigenvalue weighted by atomic mass is 9.81. The topological polar surface area (TPSA) is 59.8 Å². The number of hydrogen-bond acceptors (Lipinski definition) is 4. The summed E-state index contributed by atoms with van der Waals surface area (Å²) in [5.74, 6) is 0.456. The van der Waals surface area contributed by atoms with Gasteiger partial charge in [-0.1, -0.05) is 31.5 Å². The van der Waals surface area contributed by atoms with E-state index in [2.05, 4.69) is 6.92 Å². The zero-order valence-electron chi connectivity index (χ0n) is 15.8. The van der Waals surface area contributed by atoms with Crippen molar-refractivity contribution < 1.29 is 18.7 Å². The van der Waals surface area contributed by atoms with Crippen LogP contribution in [0.3, 0.4) is 0 Å². The van der Waals surface area contributed by atoms with Crippen LogP contribution in [0.4, 0.5) is 0 Å². The Bertz CT molecular complexity index is 809. The number of aryl methyl sites for hydroxylation is 1. The van der Waals surface area contributed by atoms with Gasteiger partial charge in [0.2, 0.25) is 0 Å². The van der Waals surface area contributed by atoms with Crippen molar-refractivity contribution in [1.29, 1.82) is 0 Å². The van der Waals surface area contributed by atoms with Crippen molar-refractivity contribution in [3.05, 3.63) is 35.6 Å². The summed E-state index contributed by atoms with van der Waals surface area (Å²) in [5, 5.41) is 0.856. The predicted octanol–water partition coefficient (Wildman–Crippen LogP) is 4.19. The van der Waals surface area contributed by atoms with Gasteiger partial charge in [0.1, 0.15) is 11.3 Å². The molecule has 26 heavy (non-hydrogen) atoms. The van der Waals surface area contributed by atoms with Gasteiger partial charge in [0.15, 0.2) is 0 Å². The largest absolute Gasteiger partial charge is 0.469 e. The molecule has 0 aliphatic carbocycles. The van der Waals surface area contributed by atoms with E-state index < -0.39 is 5.41 Å². The first-order chi connectivity index (χ1) is 12.5. The van der Waals surface area contributed by atoms with E-state index in [0.29, 0.717) is 18.7 Å². The van der Waals surface area contributed by atoms with Crippen LogP contribution in [0.2, 0.25) is 0 Å². The van der Waals surface area contributed by atoms with Gasteiger partial charge in [0.05, 0.1) is 18.1 Å². The van der Waals surface area contributed by atoms with E-state index in [1.54, 1.807) is 4.90 Å². The minimum absolute atomic E-state index is 0.0455. The molecule has 1 saturated heterocycles. The Hall–Kier alpha value is -2.30. The Morgan fingerprint density at radius 3 is 2.81 bits per heavy atom. The second-order valence-electron chi connectivity index (χ2n) is 7.38. The van der Waals surface area contributed by atoms with Crippen LogP contribution in [-0.4, -0.2) is 37.0 Å². The normalized spacial score (nSPS) is 20.3. The average molecular weight is 357 g/mol. The smallest absolute Gasteiger partial charge is 0.313 e. The van der Waals surface area contributed by atoms with E-state index in [9.17, 15) is 9.59 Å². The first-order valence-corrected chi connectivity index (χ1v) is 9.38. The van der Waals surface area contributed by atoms with Crippen LogP contribution in [-0.2, 0) is 16.0 Å². The molecule has 1 aromatic carbocycles. The molecule has 2 heterocycles. The number of fused-ring (bicyclic) bond motifs is 1. The number of para-hydroxylation sites is 1. The number of amides is 1. The quantitative estimate of drug-likeness (QED) is 0.753. The van der Waals surface area contributed by atoms with Crippen molar-refractivity contribution in [2.45, 2.75) is 46.0 Å². The van der Waals surface area contributed by atoms with Gasteiger partial charge in [0.25, 0.3) is 5.91 Å². The standard InChI is InChI=1S/C21H27NO4/c1-4-5-10-17-18(15-9-6-7-11-16(15)26-17)19(23)22-13-8-12-21(2,14-22)20(24)25-3/h6-7,9,11H,4-5,8,10,12-14H2,1-3H3. The number of likely N-dealkylation sites (tertiary alicyclic amines) is 1. The molecule has 0 radical (unpaired) electrons. The van der Waals surface area contributed by atoms with Crippen LogP contribution in [0, 0.1) is 5.41 Å². The highest BCUT2D eigenvalue weighted by atomic mass is 16.5. The Balaban J connectivity index is 1.95. The van der Waals surface area contributed by atoms with Crippen LogP contribution in [0.1, 0.15) is 55.6 Å². The molecule has 5 nitrogen and oxygen atoms in total. The third kappa shape index (κ3) is 3.35. The highest BCUT2D eigenvalue weighted by Gasteiger charge is 2.41. The summed E-state index contributed by atoms with van der Waals surface area (Å²) in [6.45, 7) is 5.03. The zero-order chi connectivity index (χ0) is 18.7. The Labute approximate surface area is 154 Å². The van der Waals surface area contributed by atoms with Crippen molar-refractivity contribution in [3.8, 4) is 0 Å². The minimum Gasteiger partial charge on any atom is -0.469 e. The summed E-state index contributed by atoms with van der Waals surface area (Å²) in [6, 6.07) is 7.67. The number of methoxy groups -OCH3 is 1. The van der Waals surface area contributed by atoms with Gasteiger partial charge < -0.3 is 14.1 Å². The molecule has 1 atom stereocenters. The summed E-state index contributed by atoms with van der Waals surface area (Å²) in [4.78, 5) is 27.3. The first kappa shape index (κ1) is 18.5. The van der Waals surface area contributed by atoms with Crippen molar-refractivity contribution in [1.82, 2.24) is 4.90 Å². The Morgan fingerprint density at radius 2 is 2.08 bits per heavy atom. The number of rotatable bonds is 5. The van der Waals surface area contributed by atoms with Crippen molar-refractivity contribution in [2.75, 3.05) is 20.2 Å². The summed E-state index contributed by atoms with van der Waals surface area (Å²) >= 11 is 0. The molecule has 1 fully saturated rings. The van der Waals surface area contributed by atoms with Crippen LogP contribution in [0.5, 0.6) is 0 Å². The van der Waals surface area contributed by atoms with Crippen LogP contribution in [0.25, 0.3) is 11.0 Å². The summed E-state index contributed by atoms with van der Waals surface area (Å²) in [5.41, 5.74) is 0.754. The number of furan rings is 1. The fourth-order valence-corrected chi connectivity index (χ4v) is 3.83. The molecule has 1 aliphatic rings. The number of esters is 1. The molecular weight excluding hydrogens is 330 g/mol. The summed E-state index contributed by atoms with van der Waals surface area (Å²) in [7, 11) is 1.40. The van der Waals surface area contributed by atoms with Gasteiger partial charge in [-0.15, -0.1) is 0 Å². The second-order valence-corrected chi connectivity index (χ2v) is 7.38. The predicted molar refractivity (Wildman–Crippen MR) is 100 cm³/mol. The van der Waals surface area contributed by atoms with Crippen molar-refractivity contribution in [3.63, 3.8) is 0 Å². The molecule has 1 amide bonds. The van der Waals surface area contributed by atoms with Gasteiger partial charge in [-0.25, -0.2) is 0 Å². The average Bonchev–Trinajstić information content (AvgIpc) is 3.03. The van der Waals surface area contributed by atoms with Crippen LogP contribution < -0.4 is 0 Å². The molecule has 0 spiro atoms. The number of nitrogens with zero attached hydrogens (tertiary/aromatic N) is 1. The number of carbonyl (C=O) groups is 2. The second kappa shape index (κ2) is 7.52. The minimum atomic E-state index is -0.647. The summed E-state index contributed by atoms with van der Waals surface area (Å²) in [6.07, 6.45) is 4.28. The molecule has 2 aromatic rings. The number of piperidine rings is 1. The Kier molecular flexibility index (Phi) is 5.35. The first-order valence-electron chi connectivity index (χ1n) is 9.38. The molecule has 5 heteroatoms. The zero-order valence-corrected chi connectivity index (χ0v) is 15.8. The maximum Gasteiger partial charge on any atom is 0.313 e. The Morgan fingerprint density at radius 1 is 1.31 bits per heavy atom. The molecule has 1 aromatic heterocycles. The fraction of sp³-hybridized carbons (Fsp3) is 0.524. The molecule has 1 aliphatic heterocycles. The summed E-state index contributed by atoms with van der Waals surface area (Å²) < 4.78 is 11.0. The lowest BCUT2D eigenvalue weighted by molar-refractivity contribution is -0.154. The highest BCUT2D eigenvalue weighted by molar-refractivity contribution is 6.07. The maximum absolute atomic E-state index is 13.4. The monoisotopic (exact) mass is 357 g/mol. The molecular formula is C21H27NO4. The number of hydrogen-bond donors (Lipinski definition) is 0. The lowest BCUT2D eigenvalue weighted by Gasteiger charge is -2.38. The van der Waals surface area contributed by atoms with E-state index in [1.807, 2.05) is 31.2 Å². The van der Waals surface area contributed by atoms with E-state index >= 15 is 0 Å².